The van der Waals surface area contributed by atoms with E-state index in [1.54, 1.807) is 29.8 Å². The van der Waals surface area contributed by atoms with Gasteiger partial charge in [0.2, 0.25) is 5.43 Å². The predicted octanol–water partition coefficient (Wildman–Crippen LogP) is 3.66. The second kappa shape index (κ2) is 8.39. The van der Waals surface area contributed by atoms with Crippen molar-refractivity contribution in [2.45, 2.75) is 47.3 Å². The van der Waals surface area contributed by atoms with Crippen LogP contribution < -0.4 is 5.43 Å². The van der Waals surface area contributed by atoms with E-state index in [1.807, 2.05) is 32.9 Å². The molecule has 0 fully saturated rings. The van der Waals surface area contributed by atoms with Gasteiger partial charge in [-0.3, -0.25) is 19.1 Å². The lowest BCUT2D eigenvalue weighted by Gasteiger charge is -2.16. The Labute approximate surface area is 169 Å². The summed E-state index contributed by atoms with van der Waals surface area (Å²) < 4.78 is 7.10. The third kappa shape index (κ3) is 4.26. The van der Waals surface area contributed by atoms with Crippen molar-refractivity contribution in [3.8, 4) is 0 Å². The van der Waals surface area contributed by atoms with Crippen molar-refractivity contribution in [3.05, 3.63) is 74.6 Å². The number of hydrogen-bond donors (Lipinski definition) is 0. The molecule has 0 aliphatic heterocycles. The fourth-order valence-corrected chi connectivity index (χ4v) is 3.75. The van der Waals surface area contributed by atoms with Crippen LogP contribution in [0.25, 0.3) is 10.9 Å². The van der Waals surface area contributed by atoms with Crippen LogP contribution in [0, 0.1) is 20.8 Å². The van der Waals surface area contributed by atoms with Gasteiger partial charge in [-0.15, -0.1) is 0 Å². The van der Waals surface area contributed by atoms with Gasteiger partial charge in [-0.2, -0.15) is 5.10 Å². The van der Waals surface area contributed by atoms with Crippen molar-refractivity contribution in [1.82, 2.24) is 9.78 Å². The lowest BCUT2D eigenvalue weighted by atomic mass is 9.92. The fraction of sp³-hybridized carbons (Fsp3) is 0.304. The molecule has 3 aromatic rings. The highest BCUT2D eigenvalue weighted by molar-refractivity contribution is 5.97. The van der Waals surface area contributed by atoms with Crippen LogP contribution in [-0.4, -0.2) is 21.5 Å². The van der Waals surface area contributed by atoms with Crippen molar-refractivity contribution in [2.75, 3.05) is 0 Å². The largest absolute Gasteiger partial charge is 0.461 e. The fourth-order valence-electron chi connectivity index (χ4n) is 3.75. The topological polar surface area (TPSA) is 78.3 Å². The molecule has 1 aromatic heterocycles. The van der Waals surface area contributed by atoms with Crippen LogP contribution in [0.15, 0.2) is 41.3 Å². The lowest BCUT2D eigenvalue weighted by molar-refractivity contribution is -0.145. The number of rotatable bonds is 6. The van der Waals surface area contributed by atoms with Gasteiger partial charge in [-0.25, -0.2) is 0 Å². The summed E-state index contributed by atoms with van der Waals surface area (Å²) in [4.78, 5) is 36.1. The summed E-state index contributed by atoms with van der Waals surface area (Å²) in [5.41, 5.74) is 4.86. The van der Waals surface area contributed by atoms with E-state index in [4.69, 9.17) is 4.74 Å². The number of para-hydroxylation sites is 1. The van der Waals surface area contributed by atoms with Crippen LogP contribution in [0.5, 0.6) is 0 Å². The summed E-state index contributed by atoms with van der Waals surface area (Å²) in [5, 5.41) is 4.69. The molecule has 0 saturated heterocycles. The summed E-state index contributed by atoms with van der Waals surface area (Å²) >= 11 is 0. The molecule has 0 amide bonds. The number of hydrogen-bond acceptors (Lipinski definition) is 5. The van der Waals surface area contributed by atoms with E-state index in [-0.39, 0.29) is 30.2 Å². The molecule has 2 aromatic carbocycles. The number of aromatic nitrogens is 2. The van der Waals surface area contributed by atoms with Crippen LogP contribution in [0.1, 0.15) is 46.0 Å². The molecule has 1 heterocycles. The zero-order valence-corrected chi connectivity index (χ0v) is 17.1. The second-order valence-electron chi connectivity index (χ2n) is 7.20. The number of fused-ring (bicyclic) bond motifs is 1. The van der Waals surface area contributed by atoms with Crippen molar-refractivity contribution in [3.63, 3.8) is 0 Å². The van der Waals surface area contributed by atoms with Gasteiger partial charge in [0, 0.05) is 10.9 Å². The van der Waals surface area contributed by atoms with E-state index in [1.165, 1.54) is 6.20 Å². The molecule has 150 valence electrons. The van der Waals surface area contributed by atoms with Crippen LogP contribution in [0.3, 0.4) is 0 Å². The molecular formula is C23H24N2O4. The number of benzene rings is 2. The zero-order chi connectivity index (χ0) is 21.1. The van der Waals surface area contributed by atoms with Gasteiger partial charge in [0.1, 0.15) is 6.61 Å². The zero-order valence-electron chi connectivity index (χ0n) is 17.1. The average Bonchev–Trinajstić information content (AvgIpc) is 2.67. The van der Waals surface area contributed by atoms with Crippen molar-refractivity contribution < 1.29 is 14.3 Å². The van der Waals surface area contributed by atoms with Gasteiger partial charge < -0.3 is 4.74 Å². The summed E-state index contributed by atoms with van der Waals surface area (Å²) in [6.45, 7) is 7.72. The van der Waals surface area contributed by atoms with Crippen LogP contribution in [0.2, 0.25) is 0 Å². The Kier molecular flexibility index (Phi) is 5.92. The SMILES string of the molecule is CC(=O)c1c(C)cc(C)c(COC(=O)CCn2ncc(=O)c3ccccc32)c1C. The highest BCUT2D eigenvalue weighted by atomic mass is 16.5. The number of carbonyl (C=O) groups excluding carboxylic acids is 2. The first-order valence-electron chi connectivity index (χ1n) is 9.50. The van der Waals surface area contributed by atoms with Gasteiger partial charge in [-0.05, 0) is 62.1 Å². The maximum absolute atomic E-state index is 12.3. The molecule has 0 aliphatic carbocycles. The van der Waals surface area contributed by atoms with E-state index in [0.717, 1.165) is 22.3 Å². The van der Waals surface area contributed by atoms with E-state index in [9.17, 15) is 14.4 Å². The van der Waals surface area contributed by atoms with E-state index < -0.39 is 0 Å². The third-order valence-electron chi connectivity index (χ3n) is 5.15. The first-order valence-corrected chi connectivity index (χ1v) is 9.50. The van der Waals surface area contributed by atoms with Crippen LogP contribution in [0.4, 0.5) is 0 Å². The second-order valence-corrected chi connectivity index (χ2v) is 7.20. The molecule has 0 aliphatic rings. The molecule has 29 heavy (non-hydrogen) atoms. The maximum Gasteiger partial charge on any atom is 0.308 e. The molecule has 0 N–H and O–H groups in total. The summed E-state index contributed by atoms with van der Waals surface area (Å²) in [6, 6.07) is 9.11. The quantitative estimate of drug-likeness (QED) is 0.473. The summed E-state index contributed by atoms with van der Waals surface area (Å²) in [5.74, 6) is -0.359. The lowest BCUT2D eigenvalue weighted by Crippen LogP contribution is -2.16. The van der Waals surface area contributed by atoms with Gasteiger partial charge in [-0.1, -0.05) is 18.2 Å². The Balaban J connectivity index is 1.71. The number of aryl methyl sites for hydroxylation is 3. The Morgan fingerprint density at radius 2 is 1.83 bits per heavy atom. The molecule has 0 bridgehead atoms. The Hall–Kier alpha value is -3.28. The number of carbonyl (C=O) groups is 2. The number of ketones is 1. The smallest absolute Gasteiger partial charge is 0.308 e. The van der Waals surface area contributed by atoms with Gasteiger partial charge in [0.05, 0.1) is 24.7 Å². The van der Waals surface area contributed by atoms with Crippen LogP contribution in [-0.2, 0) is 22.7 Å². The average molecular weight is 392 g/mol. The van der Waals surface area contributed by atoms with Crippen molar-refractivity contribution in [2.24, 2.45) is 0 Å². The van der Waals surface area contributed by atoms with Crippen molar-refractivity contribution >= 4 is 22.7 Å². The Bertz CT molecular complexity index is 1160. The van der Waals surface area contributed by atoms with Gasteiger partial charge >= 0.3 is 5.97 Å². The predicted molar refractivity (Wildman–Crippen MR) is 111 cm³/mol. The molecule has 3 rings (SSSR count). The van der Waals surface area contributed by atoms with E-state index >= 15 is 0 Å². The minimum Gasteiger partial charge on any atom is -0.461 e. The van der Waals surface area contributed by atoms with Crippen LogP contribution >= 0.6 is 0 Å². The number of nitrogens with zero attached hydrogens (tertiary/aromatic N) is 2. The molecule has 6 nitrogen and oxygen atoms in total. The molecule has 0 atom stereocenters. The Morgan fingerprint density at radius 3 is 2.55 bits per heavy atom. The van der Waals surface area contributed by atoms with Crippen molar-refractivity contribution in [1.29, 1.82) is 0 Å². The first-order chi connectivity index (χ1) is 13.8. The highest BCUT2D eigenvalue weighted by Gasteiger charge is 2.16. The van der Waals surface area contributed by atoms with Gasteiger partial charge in [0.25, 0.3) is 0 Å². The maximum atomic E-state index is 12.3. The molecule has 6 heteroatoms. The van der Waals surface area contributed by atoms with E-state index in [0.29, 0.717) is 23.0 Å². The minimum atomic E-state index is -0.363. The highest BCUT2D eigenvalue weighted by Crippen LogP contribution is 2.23. The third-order valence-corrected chi connectivity index (χ3v) is 5.15. The normalized spacial score (nSPS) is 10.9. The van der Waals surface area contributed by atoms with E-state index in [2.05, 4.69) is 5.10 Å². The molecule has 0 unspecified atom stereocenters. The summed E-state index contributed by atoms with van der Waals surface area (Å²) in [6.07, 6.45) is 1.39. The number of ether oxygens (including phenoxy) is 1. The summed E-state index contributed by atoms with van der Waals surface area (Å²) in [7, 11) is 0. The molecule has 0 spiro atoms. The standard InChI is InChI=1S/C23H24N2O4/c1-14-11-15(2)23(17(4)26)16(3)19(14)13-29-22(28)9-10-25-20-8-6-5-7-18(20)21(27)12-24-25/h5-8,11-12H,9-10,13H2,1-4H3. The molecule has 0 radical (unpaired) electrons. The molecule has 0 saturated carbocycles. The Morgan fingerprint density at radius 1 is 1.10 bits per heavy atom. The number of Topliss-reactive ketones (excluding diaryl/α,β-unsaturated/α-hetero) is 1. The first kappa shape index (κ1) is 20.5. The monoisotopic (exact) mass is 392 g/mol. The van der Waals surface area contributed by atoms with Gasteiger partial charge in [0.15, 0.2) is 5.78 Å². The number of esters is 1. The minimum absolute atomic E-state index is 0.00347. The molecular weight excluding hydrogens is 368 g/mol.